The number of hydrogen-bond acceptors (Lipinski definition) is 8. The first-order valence-electron chi connectivity index (χ1n) is 5.78. The minimum absolute atomic E-state index is 0.494. The van der Waals surface area contributed by atoms with Crippen LogP contribution in [0.15, 0.2) is 0 Å². The molecule has 104 valence electrons. The predicted molar refractivity (Wildman–Crippen MR) is 78.7 cm³/mol. The fraction of sp³-hybridized carbons (Fsp3) is 0.545. The Balaban J connectivity index is 2.33. The van der Waals surface area contributed by atoms with Crippen LogP contribution in [0.4, 0.5) is 5.13 Å². The summed E-state index contributed by atoms with van der Waals surface area (Å²) in [6, 6.07) is 0. The van der Waals surface area contributed by atoms with Gasteiger partial charge in [0, 0.05) is 20.7 Å². The molecular weight excluding hydrogens is 282 g/mol. The second-order valence-electron chi connectivity index (χ2n) is 4.22. The van der Waals surface area contributed by atoms with E-state index in [0.717, 1.165) is 32.3 Å². The molecule has 0 bridgehead atoms. The summed E-state index contributed by atoms with van der Waals surface area (Å²) in [6.45, 7) is 1.31. The van der Waals surface area contributed by atoms with Gasteiger partial charge in [-0.1, -0.05) is 11.3 Å². The average Bonchev–Trinajstić information content (AvgIpc) is 2.95. The third-order valence-corrected chi connectivity index (χ3v) is 4.48. The Bertz CT molecular complexity index is 537. The molecular formula is C11H17N5OS2. The number of thiazole rings is 1. The van der Waals surface area contributed by atoms with Crippen LogP contribution < -0.4 is 5.32 Å². The zero-order valence-electron chi connectivity index (χ0n) is 11.4. The van der Waals surface area contributed by atoms with Gasteiger partial charge in [-0.15, -0.1) is 21.5 Å². The molecule has 2 heterocycles. The molecule has 0 aliphatic rings. The number of ether oxygens (including phenoxy) is 1. The summed E-state index contributed by atoms with van der Waals surface area (Å²) in [5.41, 5.74) is 0.933. The molecule has 6 nitrogen and oxygen atoms in total. The smallest absolute Gasteiger partial charge is 0.205 e. The minimum atomic E-state index is 0.494. The topological polar surface area (TPSA) is 63.2 Å². The minimum Gasteiger partial charge on any atom is -0.378 e. The van der Waals surface area contributed by atoms with Gasteiger partial charge in [-0.3, -0.25) is 0 Å². The molecule has 0 aromatic carbocycles. The first kappa shape index (κ1) is 14.3. The van der Waals surface area contributed by atoms with Crippen LogP contribution in [-0.2, 0) is 17.9 Å². The molecule has 0 fully saturated rings. The van der Waals surface area contributed by atoms with Crippen molar-refractivity contribution in [2.24, 2.45) is 0 Å². The Morgan fingerprint density at radius 2 is 2.05 bits per heavy atom. The molecule has 2 aromatic heterocycles. The van der Waals surface area contributed by atoms with E-state index in [9.17, 15) is 0 Å². The number of hydrogen-bond donors (Lipinski definition) is 1. The summed E-state index contributed by atoms with van der Waals surface area (Å²) in [5, 5.41) is 14.0. The van der Waals surface area contributed by atoms with Crippen LogP contribution in [0, 0.1) is 0 Å². The number of methoxy groups -OCH3 is 1. The van der Waals surface area contributed by atoms with Crippen LogP contribution in [0.1, 0.15) is 10.7 Å². The molecule has 0 saturated carbocycles. The number of anilines is 1. The van der Waals surface area contributed by atoms with Gasteiger partial charge in [0.25, 0.3) is 0 Å². The van der Waals surface area contributed by atoms with Crippen LogP contribution in [0.3, 0.4) is 0 Å². The molecule has 0 amide bonds. The lowest BCUT2D eigenvalue weighted by atomic mass is 10.4. The first-order valence-corrected chi connectivity index (χ1v) is 7.41. The van der Waals surface area contributed by atoms with E-state index in [1.807, 2.05) is 21.1 Å². The quantitative estimate of drug-likeness (QED) is 0.879. The Hall–Kier alpha value is -1.09. The molecule has 0 saturated heterocycles. The van der Waals surface area contributed by atoms with Gasteiger partial charge >= 0.3 is 0 Å². The first-order chi connectivity index (χ1) is 9.13. The summed E-state index contributed by atoms with van der Waals surface area (Å²) in [7, 11) is 7.57. The summed E-state index contributed by atoms with van der Waals surface area (Å²) < 4.78 is 5.21. The van der Waals surface area contributed by atoms with Gasteiger partial charge in [0.1, 0.15) is 5.01 Å². The van der Waals surface area contributed by atoms with Gasteiger partial charge in [0.2, 0.25) is 5.13 Å². The van der Waals surface area contributed by atoms with Crippen molar-refractivity contribution in [2.45, 2.75) is 13.2 Å². The van der Waals surface area contributed by atoms with E-state index in [1.165, 1.54) is 11.3 Å². The standard InChI is InChI=1S/C11H17N5OS2/c1-12-11-15-14-10(19-11)9-7(6-17-4)13-8(18-9)5-16(2)3/h5-6H2,1-4H3,(H,12,15). The van der Waals surface area contributed by atoms with Gasteiger partial charge in [-0.2, -0.15) is 0 Å². The highest BCUT2D eigenvalue weighted by Gasteiger charge is 2.17. The van der Waals surface area contributed by atoms with Crippen molar-refractivity contribution in [1.29, 1.82) is 0 Å². The van der Waals surface area contributed by atoms with E-state index in [2.05, 4.69) is 25.4 Å². The average molecular weight is 299 g/mol. The van der Waals surface area contributed by atoms with Crippen LogP contribution in [0.25, 0.3) is 9.88 Å². The number of nitrogens with one attached hydrogen (secondary N) is 1. The lowest BCUT2D eigenvalue weighted by Crippen LogP contribution is -2.10. The molecule has 0 radical (unpaired) electrons. The highest BCUT2D eigenvalue weighted by Crippen LogP contribution is 2.34. The Labute approximate surface area is 120 Å². The molecule has 0 aliphatic heterocycles. The van der Waals surface area contributed by atoms with Gasteiger partial charge < -0.3 is 15.0 Å². The van der Waals surface area contributed by atoms with Crippen LogP contribution >= 0.6 is 22.7 Å². The SMILES string of the molecule is CNc1nnc(-c2sc(CN(C)C)nc2COC)s1. The van der Waals surface area contributed by atoms with Crippen LogP contribution in [0.5, 0.6) is 0 Å². The van der Waals surface area contributed by atoms with Crippen molar-refractivity contribution < 1.29 is 4.74 Å². The number of aromatic nitrogens is 3. The summed E-state index contributed by atoms with van der Waals surface area (Å²) in [5.74, 6) is 0. The van der Waals surface area contributed by atoms with Crippen molar-refractivity contribution in [1.82, 2.24) is 20.1 Å². The van der Waals surface area contributed by atoms with Crippen molar-refractivity contribution in [2.75, 3.05) is 33.6 Å². The maximum atomic E-state index is 5.21. The zero-order chi connectivity index (χ0) is 13.8. The van der Waals surface area contributed by atoms with E-state index in [4.69, 9.17) is 4.74 Å². The van der Waals surface area contributed by atoms with Gasteiger partial charge in [-0.05, 0) is 14.1 Å². The van der Waals surface area contributed by atoms with Crippen molar-refractivity contribution in [3.8, 4) is 9.88 Å². The molecule has 0 atom stereocenters. The maximum Gasteiger partial charge on any atom is 0.205 e. The van der Waals surface area contributed by atoms with E-state index in [0.29, 0.717) is 6.61 Å². The molecule has 2 rings (SSSR count). The Kier molecular flexibility index (Phi) is 4.81. The number of rotatable bonds is 6. The number of nitrogens with zero attached hydrogens (tertiary/aromatic N) is 4. The van der Waals surface area contributed by atoms with Gasteiger partial charge in [0.15, 0.2) is 5.01 Å². The third kappa shape index (κ3) is 3.47. The van der Waals surface area contributed by atoms with Crippen molar-refractivity contribution in [3.05, 3.63) is 10.7 Å². The van der Waals surface area contributed by atoms with Gasteiger partial charge in [-0.25, -0.2) is 4.98 Å². The van der Waals surface area contributed by atoms with E-state index < -0.39 is 0 Å². The molecule has 2 aromatic rings. The molecule has 0 aliphatic carbocycles. The Morgan fingerprint density at radius 3 is 2.63 bits per heavy atom. The zero-order valence-corrected chi connectivity index (χ0v) is 13.1. The monoisotopic (exact) mass is 299 g/mol. The molecule has 8 heteroatoms. The molecule has 19 heavy (non-hydrogen) atoms. The normalized spacial score (nSPS) is 11.2. The fourth-order valence-electron chi connectivity index (χ4n) is 1.56. The van der Waals surface area contributed by atoms with Crippen molar-refractivity contribution >= 4 is 27.8 Å². The predicted octanol–water partition coefficient (Wildman–Crippen LogP) is 1.91. The second kappa shape index (κ2) is 6.38. The highest BCUT2D eigenvalue weighted by atomic mass is 32.1. The highest BCUT2D eigenvalue weighted by molar-refractivity contribution is 7.23. The molecule has 0 spiro atoms. The van der Waals surface area contributed by atoms with Crippen LogP contribution in [0.2, 0.25) is 0 Å². The summed E-state index contributed by atoms with van der Waals surface area (Å²) in [6.07, 6.45) is 0. The largest absolute Gasteiger partial charge is 0.378 e. The van der Waals surface area contributed by atoms with Crippen molar-refractivity contribution in [3.63, 3.8) is 0 Å². The maximum absolute atomic E-state index is 5.21. The van der Waals surface area contributed by atoms with Gasteiger partial charge in [0.05, 0.1) is 17.2 Å². The second-order valence-corrected chi connectivity index (χ2v) is 6.28. The van der Waals surface area contributed by atoms with Crippen LogP contribution in [-0.4, -0.2) is 48.3 Å². The Morgan fingerprint density at radius 1 is 1.26 bits per heavy atom. The molecule has 1 N–H and O–H groups in total. The molecule has 0 unspecified atom stereocenters. The van der Waals surface area contributed by atoms with E-state index >= 15 is 0 Å². The van der Waals surface area contributed by atoms with E-state index in [-0.39, 0.29) is 0 Å². The lowest BCUT2D eigenvalue weighted by molar-refractivity contribution is 0.182. The summed E-state index contributed by atoms with van der Waals surface area (Å²) >= 11 is 3.18. The third-order valence-electron chi connectivity index (χ3n) is 2.31. The summed E-state index contributed by atoms with van der Waals surface area (Å²) in [4.78, 5) is 7.77. The van der Waals surface area contributed by atoms with E-state index in [1.54, 1.807) is 18.4 Å². The fourth-order valence-corrected chi connectivity index (χ4v) is 3.53. The lowest BCUT2D eigenvalue weighted by Gasteiger charge is -2.04.